The number of hydrogen-bond donors (Lipinski definition) is 1. The van der Waals surface area contributed by atoms with Crippen LogP contribution in [-0.4, -0.2) is 57.2 Å². The Balaban J connectivity index is 0.00000288. The minimum atomic E-state index is 0. The normalized spacial score (nSPS) is 15.0. The van der Waals surface area contributed by atoms with Crippen LogP contribution in [0.3, 0.4) is 0 Å². The van der Waals surface area contributed by atoms with Gasteiger partial charge in [0, 0.05) is 39.3 Å². The van der Waals surface area contributed by atoms with Crippen molar-refractivity contribution in [1.82, 2.24) is 10.2 Å². The third kappa shape index (κ3) is 5.72. The van der Waals surface area contributed by atoms with E-state index in [0.717, 1.165) is 57.4 Å². The number of nitrogens with one attached hydrogen (secondary N) is 1. The predicted molar refractivity (Wildman–Crippen MR) is 113 cm³/mol. The van der Waals surface area contributed by atoms with Crippen LogP contribution in [0, 0.1) is 0 Å². The number of benzene rings is 1. The van der Waals surface area contributed by atoms with Crippen LogP contribution < -0.4 is 15.0 Å². The average Bonchev–Trinajstić information content (AvgIpc) is 2.61. The van der Waals surface area contributed by atoms with Crippen molar-refractivity contribution < 1.29 is 4.74 Å². The molecule has 136 valence electrons. The van der Waals surface area contributed by atoms with Gasteiger partial charge in [0.2, 0.25) is 0 Å². The number of rotatable bonds is 6. The summed E-state index contributed by atoms with van der Waals surface area (Å²) in [6.45, 7) is 10.1. The number of para-hydroxylation sites is 2. The Morgan fingerprint density at radius 3 is 2.50 bits per heavy atom. The fraction of sp³-hybridized carbons (Fsp3) is 0.611. The van der Waals surface area contributed by atoms with Crippen molar-refractivity contribution in [3.63, 3.8) is 0 Å². The Bertz CT molecular complexity index is 502. The van der Waals surface area contributed by atoms with Gasteiger partial charge in [-0.3, -0.25) is 4.99 Å². The summed E-state index contributed by atoms with van der Waals surface area (Å²) in [5.74, 6) is 2.00. The summed E-state index contributed by atoms with van der Waals surface area (Å²) in [6.07, 6.45) is 2.33. The maximum atomic E-state index is 5.49. The lowest BCUT2D eigenvalue weighted by Crippen LogP contribution is -2.52. The van der Waals surface area contributed by atoms with Gasteiger partial charge in [-0.05, 0) is 25.5 Å². The first-order valence-electron chi connectivity index (χ1n) is 8.71. The van der Waals surface area contributed by atoms with Gasteiger partial charge in [0.1, 0.15) is 5.75 Å². The lowest BCUT2D eigenvalue weighted by atomic mass is 10.2. The summed E-state index contributed by atoms with van der Waals surface area (Å²) < 4.78 is 5.49. The van der Waals surface area contributed by atoms with Crippen molar-refractivity contribution in [3.05, 3.63) is 24.3 Å². The Morgan fingerprint density at radius 1 is 1.17 bits per heavy atom. The van der Waals surface area contributed by atoms with E-state index in [1.165, 1.54) is 12.1 Å². The Labute approximate surface area is 163 Å². The molecule has 0 spiro atoms. The summed E-state index contributed by atoms with van der Waals surface area (Å²) in [4.78, 5) is 9.51. The second-order valence-electron chi connectivity index (χ2n) is 5.74. The second kappa shape index (κ2) is 11.4. The molecule has 2 rings (SSSR count). The maximum Gasteiger partial charge on any atom is 0.194 e. The highest BCUT2D eigenvalue weighted by atomic mass is 127. The number of nitrogens with zero attached hydrogens (tertiary/aromatic N) is 3. The predicted octanol–water partition coefficient (Wildman–Crippen LogP) is 3.20. The second-order valence-corrected chi connectivity index (χ2v) is 5.74. The van der Waals surface area contributed by atoms with E-state index in [1.54, 1.807) is 7.11 Å². The highest BCUT2D eigenvalue weighted by molar-refractivity contribution is 14.0. The number of guanidine groups is 1. The van der Waals surface area contributed by atoms with Gasteiger partial charge < -0.3 is 19.9 Å². The largest absolute Gasteiger partial charge is 0.495 e. The van der Waals surface area contributed by atoms with Crippen LogP contribution in [0.4, 0.5) is 5.69 Å². The van der Waals surface area contributed by atoms with Gasteiger partial charge in [0.05, 0.1) is 12.8 Å². The van der Waals surface area contributed by atoms with E-state index in [4.69, 9.17) is 9.73 Å². The molecule has 0 unspecified atom stereocenters. The Morgan fingerprint density at radius 2 is 1.88 bits per heavy atom. The molecule has 0 amide bonds. The number of anilines is 1. The topological polar surface area (TPSA) is 40.1 Å². The van der Waals surface area contributed by atoms with Crippen LogP contribution in [0.15, 0.2) is 29.3 Å². The molecule has 1 aliphatic rings. The van der Waals surface area contributed by atoms with Gasteiger partial charge in [-0.2, -0.15) is 0 Å². The van der Waals surface area contributed by atoms with Gasteiger partial charge in [0.15, 0.2) is 5.96 Å². The first-order chi connectivity index (χ1) is 11.3. The first-order valence-corrected chi connectivity index (χ1v) is 8.71. The average molecular weight is 446 g/mol. The van der Waals surface area contributed by atoms with Gasteiger partial charge >= 0.3 is 0 Å². The van der Waals surface area contributed by atoms with E-state index >= 15 is 0 Å². The third-order valence-corrected chi connectivity index (χ3v) is 4.11. The van der Waals surface area contributed by atoms with Crippen LogP contribution in [-0.2, 0) is 0 Å². The molecule has 1 fully saturated rings. The van der Waals surface area contributed by atoms with Crippen molar-refractivity contribution in [2.45, 2.75) is 26.7 Å². The molecule has 1 N–H and O–H groups in total. The summed E-state index contributed by atoms with van der Waals surface area (Å²) in [5, 5.41) is 3.42. The highest BCUT2D eigenvalue weighted by Gasteiger charge is 2.21. The number of unbranched alkanes of at least 4 members (excludes halogenated alkanes) is 1. The van der Waals surface area contributed by atoms with E-state index in [2.05, 4.69) is 41.1 Å². The highest BCUT2D eigenvalue weighted by Crippen LogP contribution is 2.28. The minimum absolute atomic E-state index is 0. The molecule has 1 heterocycles. The van der Waals surface area contributed by atoms with E-state index in [1.807, 2.05) is 12.1 Å². The van der Waals surface area contributed by atoms with Crippen molar-refractivity contribution in [1.29, 1.82) is 0 Å². The SMILES string of the molecule is CCCCN=C(NCC)N1CCN(c2ccccc2OC)CC1.I. The van der Waals surface area contributed by atoms with E-state index in [-0.39, 0.29) is 24.0 Å². The molecular weight excluding hydrogens is 415 g/mol. The summed E-state index contributed by atoms with van der Waals surface area (Å²) in [6, 6.07) is 8.25. The zero-order valence-electron chi connectivity index (χ0n) is 15.1. The smallest absolute Gasteiger partial charge is 0.194 e. The van der Waals surface area contributed by atoms with Crippen molar-refractivity contribution in [3.8, 4) is 5.75 Å². The van der Waals surface area contributed by atoms with E-state index < -0.39 is 0 Å². The van der Waals surface area contributed by atoms with Gasteiger partial charge in [-0.1, -0.05) is 25.5 Å². The molecule has 0 radical (unpaired) electrons. The number of ether oxygens (including phenoxy) is 1. The fourth-order valence-electron chi connectivity index (χ4n) is 2.82. The van der Waals surface area contributed by atoms with Crippen LogP contribution in [0.5, 0.6) is 5.75 Å². The molecule has 1 aliphatic heterocycles. The lowest BCUT2D eigenvalue weighted by Gasteiger charge is -2.38. The molecule has 5 nitrogen and oxygen atoms in total. The molecule has 24 heavy (non-hydrogen) atoms. The van der Waals surface area contributed by atoms with Crippen molar-refractivity contribution in [2.24, 2.45) is 4.99 Å². The van der Waals surface area contributed by atoms with E-state index in [0.29, 0.717) is 0 Å². The fourth-order valence-corrected chi connectivity index (χ4v) is 2.82. The molecule has 1 aromatic carbocycles. The lowest BCUT2D eigenvalue weighted by molar-refractivity contribution is 0.367. The maximum absolute atomic E-state index is 5.49. The van der Waals surface area contributed by atoms with Gasteiger partial charge in [0.25, 0.3) is 0 Å². The molecule has 0 aromatic heterocycles. The zero-order chi connectivity index (χ0) is 16.5. The van der Waals surface area contributed by atoms with Crippen LogP contribution in [0.2, 0.25) is 0 Å². The molecule has 0 bridgehead atoms. The van der Waals surface area contributed by atoms with Crippen LogP contribution in [0.1, 0.15) is 26.7 Å². The molecule has 6 heteroatoms. The van der Waals surface area contributed by atoms with Crippen LogP contribution >= 0.6 is 24.0 Å². The molecule has 0 atom stereocenters. The Kier molecular flexibility index (Phi) is 9.90. The standard InChI is InChI=1S/C18H30N4O.HI/c1-4-6-11-20-18(19-5-2)22-14-12-21(13-15-22)16-9-7-8-10-17(16)23-3;/h7-10H,4-6,11-15H2,1-3H3,(H,19,20);1H. The number of hydrogen-bond acceptors (Lipinski definition) is 3. The molecule has 0 saturated carbocycles. The summed E-state index contributed by atoms with van der Waals surface area (Å²) >= 11 is 0. The number of methoxy groups -OCH3 is 1. The van der Waals surface area contributed by atoms with Crippen molar-refractivity contribution in [2.75, 3.05) is 51.3 Å². The first kappa shape index (κ1) is 20.9. The zero-order valence-corrected chi connectivity index (χ0v) is 17.5. The Hall–Kier alpha value is -1.18. The van der Waals surface area contributed by atoms with Crippen LogP contribution in [0.25, 0.3) is 0 Å². The van der Waals surface area contributed by atoms with Gasteiger partial charge in [-0.25, -0.2) is 0 Å². The number of aliphatic imine (C=N–C) groups is 1. The molecule has 1 saturated heterocycles. The third-order valence-electron chi connectivity index (χ3n) is 4.11. The monoisotopic (exact) mass is 446 g/mol. The molecule has 1 aromatic rings. The quantitative estimate of drug-likeness (QED) is 0.316. The van der Waals surface area contributed by atoms with Crippen molar-refractivity contribution >= 4 is 35.6 Å². The minimum Gasteiger partial charge on any atom is -0.495 e. The van der Waals surface area contributed by atoms with Gasteiger partial charge in [-0.15, -0.1) is 24.0 Å². The number of halogens is 1. The summed E-state index contributed by atoms with van der Waals surface area (Å²) in [7, 11) is 1.73. The molecule has 0 aliphatic carbocycles. The number of piperazine rings is 1. The molecular formula is C18H31IN4O. The van der Waals surface area contributed by atoms with E-state index in [9.17, 15) is 0 Å². The summed E-state index contributed by atoms with van der Waals surface area (Å²) in [5.41, 5.74) is 1.18.